The van der Waals surface area contributed by atoms with Crippen LogP contribution in [0.15, 0.2) is 22.5 Å². The lowest BCUT2D eigenvalue weighted by atomic mass is 10.3. The first kappa shape index (κ1) is 17.8. The molecule has 0 aromatic carbocycles. The number of alkyl halides is 3. The Kier molecular flexibility index (Phi) is 4.28. The average Bonchev–Trinajstić information content (AvgIpc) is 3.22. The van der Waals surface area contributed by atoms with E-state index in [-0.39, 0.29) is 0 Å². The summed E-state index contributed by atoms with van der Waals surface area (Å²) >= 11 is 5.10. The van der Waals surface area contributed by atoms with Crippen molar-refractivity contribution >= 4 is 54.9 Å². The molecule has 0 aliphatic rings. The van der Waals surface area contributed by atoms with Crippen molar-refractivity contribution in [3.63, 3.8) is 0 Å². The van der Waals surface area contributed by atoms with E-state index in [4.69, 9.17) is 0 Å². The van der Waals surface area contributed by atoms with Gasteiger partial charge < -0.3 is 4.57 Å². The van der Waals surface area contributed by atoms with E-state index in [0.717, 1.165) is 21.6 Å². The highest BCUT2D eigenvalue weighted by molar-refractivity contribution is 8.00. The van der Waals surface area contributed by atoms with Gasteiger partial charge in [0.25, 0.3) is 0 Å². The smallest absolute Gasteiger partial charge is 0.325 e. The summed E-state index contributed by atoms with van der Waals surface area (Å²) in [7, 11) is 1.82. The van der Waals surface area contributed by atoms with Crippen LogP contribution in [-0.2, 0) is 13.2 Å². The third-order valence-corrected chi connectivity index (χ3v) is 7.89. The van der Waals surface area contributed by atoms with Crippen LogP contribution < -0.4 is 0 Å². The molecule has 0 spiro atoms. The molecule has 9 heteroatoms. The van der Waals surface area contributed by atoms with Gasteiger partial charge in [0.2, 0.25) is 0 Å². The van der Waals surface area contributed by atoms with Gasteiger partial charge in [0.15, 0.2) is 5.82 Å². The molecule has 0 bridgehead atoms. The predicted octanol–water partition coefficient (Wildman–Crippen LogP) is 6.35. The molecule has 0 radical (unpaired) electrons. The van der Waals surface area contributed by atoms with Crippen LogP contribution in [0.3, 0.4) is 0 Å². The lowest BCUT2D eigenvalue weighted by Crippen LogP contribution is -2.07. The summed E-state index contributed by atoms with van der Waals surface area (Å²) in [6.45, 7) is 4.17. The first-order valence-corrected chi connectivity index (χ1v) is 10.5. The highest BCUT2D eigenvalue weighted by Gasteiger charge is 2.33. The number of pyridine rings is 1. The summed E-state index contributed by atoms with van der Waals surface area (Å²) in [5, 5.41) is 2.14. The number of hydrogen-bond acceptors (Lipinski definition) is 5. The van der Waals surface area contributed by atoms with Gasteiger partial charge in [-0.1, -0.05) is 6.92 Å². The third-order valence-electron chi connectivity index (χ3n) is 4.08. The molecule has 4 aromatic rings. The number of aryl methyl sites for hydroxylation is 2. The van der Waals surface area contributed by atoms with E-state index in [9.17, 15) is 13.2 Å². The fourth-order valence-corrected chi connectivity index (χ4v) is 6.66. The van der Waals surface area contributed by atoms with Crippen LogP contribution in [0.1, 0.15) is 18.2 Å². The molecule has 0 amide bonds. The van der Waals surface area contributed by atoms with Crippen molar-refractivity contribution in [1.29, 1.82) is 0 Å². The van der Waals surface area contributed by atoms with Crippen LogP contribution in [0.5, 0.6) is 0 Å². The van der Waals surface area contributed by atoms with E-state index in [1.165, 1.54) is 21.2 Å². The number of thioether (sulfide) groups is 1. The fourth-order valence-electron chi connectivity index (χ4n) is 2.84. The number of imidazole rings is 1. The van der Waals surface area contributed by atoms with Crippen molar-refractivity contribution < 1.29 is 13.2 Å². The van der Waals surface area contributed by atoms with Gasteiger partial charge in [-0.05, 0) is 29.7 Å². The molecule has 4 heterocycles. The van der Waals surface area contributed by atoms with Crippen molar-refractivity contribution in [3.8, 4) is 10.7 Å². The topological polar surface area (TPSA) is 30.7 Å². The van der Waals surface area contributed by atoms with E-state index in [2.05, 4.69) is 29.2 Å². The van der Waals surface area contributed by atoms with Gasteiger partial charge in [0, 0.05) is 16.6 Å². The van der Waals surface area contributed by atoms with Crippen LogP contribution in [0.2, 0.25) is 0 Å². The third kappa shape index (κ3) is 2.73. The fraction of sp³-hybridized carbons (Fsp3) is 0.294. The van der Waals surface area contributed by atoms with Crippen molar-refractivity contribution in [2.24, 2.45) is 7.05 Å². The Balaban J connectivity index is 1.95. The molecular formula is C17H14F3N3S3. The first-order valence-electron chi connectivity index (χ1n) is 7.84. The lowest BCUT2D eigenvalue weighted by molar-refractivity contribution is -0.141. The molecule has 26 heavy (non-hydrogen) atoms. The second-order valence-electron chi connectivity index (χ2n) is 5.82. The molecule has 0 unspecified atom stereocenters. The Morgan fingerprint density at radius 3 is 2.73 bits per heavy atom. The van der Waals surface area contributed by atoms with E-state index in [1.54, 1.807) is 34.4 Å². The lowest BCUT2D eigenvalue weighted by Gasteiger charge is -2.05. The molecular weight excluding hydrogens is 399 g/mol. The van der Waals surface area contributed by atoms with E-state index in [1.807, 2.05) is 11.6 Å². The molecule has 136 valence electrons. The summed E-state index contributed by atoms with van der Waals surface area (Å²) in [6.07, 6.45) is -3.22. The van der Waals surface area contributed by atoms with Crippen LogP contribution in [0.25, 0.3) is 31.1 Å². The van der Waals surface area contributed by atoms with Crippen LogP contribution in [0.4, 0.5) is 13.2 Å². The highest BCUT2D eigenvalue weighted by atomic mass is 32.2. The van der Waals surface area contributed by atoms with Crippen LogP contribution in [-0.4, -0.2) is 20.3 Å². The van der Waals surface area contributed by atoms with E-state index >= 15 is 0 Å². The molecule has 0 saturated heterocycles. The minimum Gasteiger partial charge on any atom is -0.325 e. The van der Waals surface area contributed by atoms with Gasteiger partial charge in [-0.2, -0.15) is 13.2 Å². The number of hydrogen-bond donors (Lipinski definition) is 0. The maximum absolute atomic E-state index is 13.0. The standard InChI is InChI=1S/C17H14F3N3S3/c1-4-24-14-13-12(8(2)7-25-13)26-15(14)16-22-9-5-11(17(18,19)20)21-6-10(9)23(16)3/h5-7H,4H2,1-3H3. The maximum Gasteiger partial charge on any atom is 0.433 e. The zero-order valence-electron chi connectivity index (χ0n) is 14.1. The molecule has 0 atom stereocenters. The number of nitrogens with zero attached hydrogens (tertiary/aromatic N) is 3. The van der Waals surface area contributed by atoms with Crippen molar-refractivity contribution in [2.45, 2.75) is 24.9 Å². The number of thiophene rings is 2. The van der Waals surface area contributed by atoms with Gasteiger partial charge >= 0.3 is 6.18 Å². The zero-order valence-corrected chi connectivity index (χ0v) is 16.6. The largest absolute Gasteiger partial charge is 0.433 e. The number of rotatable bonds is 3. The molecule has 3 nitrogen and oxygen atoms in total. The molecule has 0 saturated carbocycles. The molecule has 0 aliphatic carbocycles. The Hall–Kier alpha value is -1.58. The Morgan fingerprint density at radius 1 is 1.27 bits per heavy atom. The Bertz CT molecular complexity index is 1120. The van der Waals surface area contributed by atoms with Crippen molar-refractivity contribution in [1.82, 2.24) is 14.5 Å². The zero-order chi connectivity index (χ0) is 18.6. The van der Waals surface area contributed by atoms with Gasteiger partial charge in [0.1, 0.15) is 5.69 Å². The highest BCUT2D eigenvalue weighted by Crippen LogP contribution is 2.48. The van der Waals surface area contributed by atoms with E-state index in [0.29, 0.717) is 16.9 Å². The van der Waals surface area contributed by atoms with Gasteiger partial charge in [-0.25, -0.2) is 9.97 Å². The average molecular weight is 414 g/mol. The molecule has 4 rings (SSSR count). The summed E-state index contributed by atoms with van der Waals surface area (Å²) in [6, 6.07) is 1.02. The van der Waals surface area contributed by atoms with Crippen LogP contribution >= 0.6 is 34.4 Å². The molecule has 0 aliphatic heterocycles. The summed E-state index contributed by atoms with van der Waals surface area (Å²) in [5.41, 5.74) is 1.21. The van der Waals surface area contributed by atoms with E-state index < -0.39 is 11.9 Å². The second kappa shape index (κ2) is 6.24. The Morgan fingerprint density at radius 2 is 2.04 bits per heavy atom. The summed E-state index contributed by atoms with van der Waals surface area (Å²) in [5.74, 6) is 1.60. The van der Waals surface area contributed by atoms with Crippen LogP contribution in [0, 0.1) is 6.92 Å². The van der Waals surface area contributed by atoms with Gasteiger partial charge in [-0.15, -0.1) is 34.4 Å². The molecule has 0 N–H and O–H groups in total. The SMILES string of the molecule is CCSc1c(-c2nc3cc(C(F)(F)F)ncc3n2C)sc2c(C)csc12. The summed E-state index contributed by atoms with van der Waals surface area (Å²) < 4.78 is 43.2. The van der Waals surface area contributed by atoms with Gasteiger partial charge in [-0.3, -0.25) is 0 Å². The quantitative estimate of drug-likeness (QED) is 0.367. The first-order chi connectivity index (χ1) is 12.3. The maximum atomic E-state index is 13.0. The molecule has 0 fully saturated rings. The number of aromatic nitrogens is 3. The van der Waals surface area contributed by atoms with Gasteiger partial charge in [0.05, 0.1) is 26.8 Å². The van der Waals surface area contributed by atoms with Crippen molar-refractivity contribution in [2.75, 3.05) is 5.75 Å². The monoisotopic (exact) mass is 413 g/mol. The second-order valence-corrected chi connectivity index (χ2v) is 9.00. The number of halogens is 3. The number of fused-ring (bicyclic) bond motifs is 2. The normalized spacial score (nSPS) is 12.5. The predicted molar refractivity (Wildman–Crippen MR) is 103 cm³/mol. The summed E-state index contributed by atoms with van der Waals surface area (Å²) in [4.78, 5) is 10.3. The van der Waals surface area contributed by atoms with Crippen molar-refractivity contribution in [3.05, 3.63) is 28.9 Å². The minimum atomic E-state index is -4.47. The molecule has 4 aromatic heterocycles. The Labute approximate surface area is 159 Å². The minimum absolute atomic E-state index is 0.311.